The minimum atomic E-state index is -0.775. The standard InChI is InChI=1S/C16H32N2O4/c1-5-10-13(14(19)20)17-11-8-6-7-9-12-18-15(21)22-16(2,3)4/h13,17H,5-12H2,1-4H3,(H,18,21)(H,19,20). The molecule has 0 spiro atoms. The molecule has 0 aromatic heterocycles. The zero-order valence-electron chi connectivity index (χ0n) is 14.4. The number of hydrogen-bond donors (Lipinski definition) is 3. The van der Waals surface area contributed by atoms with Gasteiger partial charge in [-0.2, -0.15) is 0 Å². The Hall–Kier alpha value is -1.30. The predicted molar refractivity (Wildman–Crippen MR) is 87.0 cm³/mol. The molecule has 0 saturated carbocycles. The van der Waals surface area contributed by atoms with E-state index in [9.17, 15) is 9.59 Å². The molecule has 0 aromatic rings. The lowest BCUT2D eigenvalue weighted by molar-refractivity contribution is -0.139. The van der Waals surface area contributed by atoms with Crippen LogP contribution >= 0.6 is 0 Å². The van der Waals surface area contributed by atoms with E-state index in [0.717, 1.165) is 38.6 Å². The molecule has 0 saturated heterocycles. The van der Waals surface area contributed by atoms with Crippen LogP contribution in [0, 0.1) is 0 Å². The number of hydrogen-bond acceptors (Lipinski definition) is 4. The Morgan fingerprint density at radius 2 is 1.68 bits per heavy atom. The van der Waals surface area contributed by atoms with Crippen molar-refractivity contribution >= 4 is 12.1 Å². The number of alkyl carbamates (subject to hydrolysis) is 1. The summed E-state index contributed by atoms with van der Waals surface area (Å²) in [5, 5.41) is 14.8. The van der Waals surface area contributed by atoms with E-state index in [1.54, 1.807) is 0 Å². The third-order valence-electron chi connectivity index (χ3n) is 3.04. The Kier molecular flexibility index (Phi) is 10.6. The minimum absolute atomic E-state index is 0.377. The molecule has 3 N–H and O–H groups in total. The summed E-state index contributed by atoms with van der Waals surface area (Å²) in [6, 6.07) is -0.432. The van der Waals surface area contributed by atoms with Crippen LogP contribution in [-0.2, 0) is 9.53 Å². The number of unbranched alkanes of at least 4 members (excludes halogenated alkanes) is 3. The van der Waals surface area contributed by atoms with Gasteiger partial charge in [0.2, 0.25) is 0 Å². The highest BCUT2D eigenvalue weighted by molar-refractivity contribution is 5.73. The van der Waals surface area contributed by atoms with Gasteiger partial charge in [0.15, 0.2) is 0 Å². The summed E-state index contributed by atoms with van der Waals surface area (Å²) >= 11 is 0. The number of amides is 1. The summed E-state index contributed by atoms with van der Waals surface area (Å²) < 4.78 is 5.14. The first kappa shape index (κ1) is 20.7. The summed E-state index contributed by atoms with van der Waals surface area (Å²) in [6.07, 6.45) is 5.01. The molecule has 6 heteroatoms. The molecule has 0 aliphatic rings. The Balaban J connectivity index is 3.51. The SMILES string of the molecule is CCCC(NCCCCCCNC(=O)OC(C)(C)C)C(=O)O. The molecule has 1 unspecified atom stereocenters. The maximum absolute atomic E-state index is 11.4. The molecular weight excluding hydrogens is 284 g/mol. The fourth-order valence-electron chi connectivity index (χ4n) is 1.99. The lowest BCUT2D eigenvalue weighted by Crippen LogP contribution is -2.37. The van der Waals surface area contributed by atoms with Crippen LogP contribution in [0.3, 0.4) is 0 Å². The van der Waals surface area contributed by atoms with E-state index >= 15 is 0 Å². The van der Waals surface area contributed by atoms with Gasteiger partial charge in [-0.15, -0.1) is 0 Å². The molecule has 0 fully saturated rings. The van der Waals surface area contributed by atoms with Gasteiger partial charge in [0.1, 0.15) is 11.6 Å². The topological polar surface area (TPSA) is 87.7 Å². The van der Waals surface area contributed by atoms with Gasteiger partial charge in [0.05, 0.1) is 0 Å². The third kappa shape index (κ3) is 12.4. The van der Waals surface area contributed by atoms with Crippen LogP contribution < -0.4 is 10.6 Å². The van der Waals surface area contributed by atoms with Gasteiger partial charge in [-0.05, 0) is 46.6 Å². The molecule has 0 aromatic carbocycles. The van der Waals surface area contributed by atoms with E-state index in [0.29, 0.717) is 13.0 Å². The van der Waals surface area contributed by atoms with Crippen molar-refractivity contribution in [1.29, 1.82) is 0 Å². The molecule has 130 valence electrons. The molecular formula is C16H32N2O4. The average molecular weight is 316 g/mol. The van der Waals surface area contributed by atoms with Crippen LogP contribution in [0.2, 0.25) is 0 Å². The Morgan fingerprint density at radius 3 is 2.18 bits per heavy atom. The zero-order valence-corrected chi connectivity index (χ0v) is 14.4. The predicted octanol–water partition coefficient (Wildman–Crippen LogP) is 2.91. The molecule has 0 radical (unpaired) electrons. The Morgan fingerprint density at radius 1 is 1.09 bits per heavy atom. The maximum Gasteiger partial charge on any atom is 0.407 e. The second-order valence-electron chi connectivity index (χ2n) is 6.48. The van der Waals surface area contributed by atoms with Gasteiger partial charge >= 0.3 is 12.1 Å². The molecule has 22 heavy (non-hydrogen) atoms. The highest BCUT2D eigenvalue weighted by Crippen LogP contribution is 2.06. The van der Waals surface area contributed by atoms with E-state index < -0.39 is 17.6 Å². The lowest BCUT2D eigenvalue weighted by Gasteiger charge is -2.19. The number of nitrogens with one attached hydrogen (secondary N) is 2. The van der Waals surface area contributed by atoms with Crippen molar-refractivity contribution in [1.82, 2.24) is 10.6 Å². The molecule has 0 bridgehead atoms. The monoisotopic (exact) mass is 316 g/mol. The van der Waals surface area contributed by atoms with Crippen molar-refractivity contribution in [3.05, 3.63) is 0 Å². The van der Waals surface area contributed by atoms with E-state index in [2.05, 4.69) is 10.6 Å². The van der Waals surface area contributed by atoms with Crippen molar-refractivity contribution < 1.29 is 19.4 Å². The normalized spacial score (nSPS) is 12.7. The number of rotatable bonds is 11. The first-order valence-electron chi connectivity index (χ1n) is 8.19. The highest BCUT2D eigenvalue weighted by atomic mass is 16.6. The molecule has 1 atom stereocenters. The molecule has 0 rings (SSSR count). The van der Waals surface area contributed by atoms with Crippen molar-refractivity contribution in [3.8, 4) is 0 Å². The second-order valence-corrected chi connectivity index (χ2v) is 6.48. The number of aliphatic carboxylic acids is 1. The van der Waals surface area contributed by atoms with Crippen molar-refractivity contribution in [2.45, 2.75) is 77.9 Å². The van der Waals surface area contributed by atoms with E-state index in [4.69, 9.17) is 9.84 Å². The Bertz CT molecular complexity index is 327. The number of carboxylic acid groups (broad SMARTS) is 1. The van der Waals surface area contributed by atoms with Crippen molar-refractivity contribution in [3.63, 3.8) is 0 Å². The van der Waals surface area contributed by atoms with Gasteiger partial charge in [-0.3, -0.25) is 4.79 Å². The smallest absolute Gasteiger partial charge is 0.407 e. The number of carbonyl (C=O) groups is 2. The van der Waals surface area contributed by atoms with Gasteiger partial charge in [0, 0.05) is 6.54 Å². The van der Waals surface area contributed by atoms with Crippen LogP contribution in [0.25, 0.3) is 0 Å². The van der Waals surface area contributed by atoms with Crippen molar-refractivity contribution in [2.24, 2.45) is 0 Å². The molecule has 6 nitrogen and oxygen atoms in total. The lowest BCUT2D eigenvalue weighted by atomic mass is 10.1. The van der Waals surface area contributed by atoms with Gasteiger partial charge < -0.3 is 20.5 Å². The molecule has 0 aliphatic carbocycles. The van der Waals surface area contributed by atoms with Gasteiger partial charge in [-0.25, -0.2) is 4.79 Å². The van der Waals surface area contributed by atoms with E-state index in [1.807, 2.05) is 27.7 Å². The largest absolute Gasteiger partial charge is 0.480 e. The van der Waals surface area contributed by atoms with Crippen LogP contribution in [0.4, 0.5) is 4.79 Å². The fourth-order valence-corrected chi connectivity index (χ4v) is 1.99. The van der Waals surface area contributed by atoms with Crippen molar-refractivity contribution in [2.75, 3.05) is 13.1 Å². The van der Waals surface area contributed by atoms with Crippen LogP contribution in [0.1, 0.15) is 66.2 Å². The first-order chi connectivity index (χ1) is 10.3. The van der Waals surface area contributed by atoms with Gasteiger partial charge in [-0.1, -0.05) is 26.2 Å². The van der Waals surface area contributed by atoms with Crippen LogP contribution in [-0.4, -0.2) is 41.9 Å². The van der Waals surface area contributed by atoms with Crippen LogP contribution in [0.5, 0.6) is 0 Å². The summed E-state index contributed by atoms with van der Waals surface area (Å²) in [4.78, 5) is 22.3. The molecule has 0 heterocycles. The second kappa shape index (κ2) is 11.3. The zero-order chi connectivity index (χ0) is 17.0. The van der Waals surface area contributed by atoms with E-state index in [1.165, 1.54) is 0 Å². The highest BCUT2D eigenvalue weighted by Gasteiger charge is 2.15. The third-order valence-corrected chi connectivity index (χ3v) is 3.04. The maximum atomic E-state index is 11.4. The Labute approximate surface area is 134 Å². The van der Waals surface area contributed by atoms with Gasteiger partial charge in [0.25, 0.3) is 0 Å². The number of ether oxygens (including phenoxy) is 1. The minimum Gasteiger partial charge on any atom is -0.480 e. The fraction of sp³-hybridized carbons (Fsp3) is 0.875. The number of carbonyl (C=O) groups excluding carboxylic acids is 1. The molecule has 0 aliphatic heterocycles. The van der Waals surface area contributed by atoms with E-state index in [-0.39, 0.29) is 6.09 Å². The average Bonchev–Trinajstić information content (AvgIpc) is 2.38. The summed E-state index contributed by atoms with van der Waals surface area (Å²) in [7, 11) is 0. The quantitative estimate of drug-likeness (QED) is 0.510. The summed E-state index contributed by atoms with van der Waals surface area (Å²) in [5.74, 6) is -0.775. The summed E-state index contributed by atoms with van der Waals surface area (Å²) in [6.45, 7) is 8.81. The van der Waals surface area contributed by atoms with Crippen LogP contribution in [0.15, 0.2) is 0 Å². The molecule has 1 amide bonds. The first-order valence-corrected chi connectivity index (χ1v) is 8.19. The summed E-state index contributed by atoms with van der Waals surface area (Å²) in [5.41, 5.74) is -0.463. The number of carboxylic acids is 1.